The van der Waals surface area contributed by atoms with Crippen LogP contribution in [0.5, 0.6) is 0 Å². The van der Waals surface area contributed by atoms with E-state index in [4.69, 9.17) is 19.4 Å². The van der Waals surface area contributed by atoms with Gasteiger partial charge in [-0.05, 0) is 76.9 Å². The van der Waals surface area contributed by atoms with Crippen LogP contribution in [0.4, 0.5) is 0 Å². The van der Waals surface area contributed by atoms with Gasteiger partial charge in [0.2, 0.25) is 5.95 Å². The molecule has 6 heteroatoms. The Hall–Kier alpha value is -8.61. The van der Waals surface area contributed by atoms with Crippen molar-refractivity contribution in [2.75, 3.05) is 0 Å². The van der Waals surface area contributed by atoms with Crippen LogP contribution in [0.15, 0.2) is 217 Å². The molecule has 0 aliphatic heterocycles. The second-order valence-electron chi connectivity index (χ2n) is 16.0. The van der Waals surface area contributed by atoms with Crippen molar-refractivity contribution in [2.24, 2.45) is 0 Å². The second kappa shape index (κ2) is 14.0. The van der Waals surface area contributed by atoms with E-state index in [0.29, 0.717) is 17.6 Å². The zero-order chi connectivity index (χ0) is 41.4. The highest BCUT2D eigenvalue weighted by molar-refractivity contribution is 6.15. The van der Waals surface area contributed by atoms with Crippen LogP contribution in [0.1, 0.15) is 0 Å². The minimum Gasteiger partial charge on any atom is -0.456 e. The van der Waals surface area contributed by atoms with E-state index in [1.165, 1.54) is 10.8 Å². The molecule has 0 spiro atoms. The van der Waals surface area contributed by atoms with Gasteiger partial charge in [-0.25, -0.2) is 4.98 Å². The fourth-order valence-electron chi connectivity index (χ4n) is 9.49. The van der Waals surface area contributed by atoms with Gasteiger partial charge in [0.05, 0.1) is 22.1 Å². The largest absolute Gasteiger partial charge is 0.456 e. The minimum absolute atomic E-state index is 0.565. The molecule has 0 atom stereocenters. The number of nitrogens with zero attached hydrogens (tertiary/aromatic N) is 5. The maximum absolute atomic E-state index is 6.26. The lowest BCUT2D eigenvalue weighted by Crippen LogP contribution is -2.06. The highest BCUT2D eigenvalue weighted by Crippen LogP contribution is 2.43. The zero-order valence-corrected chi connectivity index (χ0v) is 33.9. The Kier molecular flexibility index (Phi) is 7.80. The molecule has 4 aromatic heterocycles. The average molecular weight is 806 g/mol. The lowest BCUT2D eigenvalue weighted by molar-refractivity contribution is 0.669. The second-order valence-corrected chi connectivity index (χ2v) is 16.0. The van der Waals surface area contributed by atoms with Crippen molar-refractivity contribution in [1.29, 1.82) is 0 Å². The van der Waals surface area contributed by atoms with Gasteiger partial charge >= 0.3 is 0 Å². The van der Waals surface area contributed by atoms with Gasteiger partial charge in [-0.3, -0.25) is 4.57 Å². The van der Waals surface area contributed by atoms with Crippen LogP contribution in [-0.4, -0.2) is 24.1 Å². The Morgan fingerprint density at radius 1 is 0.302 bits per heavy atom. The molecule has 4 heterocycles. The van der Waals surface area contributed by atoms with Gasteiger partial charge in [-0.2, -0.15) is 9.97 Å². The summed E-state index contributed by atoms with van der Waals surface area (Å²) in [5, 5.41) is 6.83. The van der Waals surface area contributed by atoms with E-state index < -0.39 is 0 Å². The topological polar surface area (TPSA) is 61.7 Å². The highest BCUT2D eigenvalue weighted by Gasteiger charge is 2.22. The SMILES string of the molecule is c1ccc(-c2nc(-c3ccccc3)nc(-n3c4ccccc4c4ccc(-c5cc6c7ccccc7n(-c7ccc8oc9ccccc9c8c7)c6cc5-c5ccccc5)cc43)n2)cc1. The van der Waals surface area contributed by atoms with E-state index >= 15 is 0 Å². The quantitative estimate of drug-likeness (QED) is 0.168. The molecule has 0 N–H and O–H groups in total. The number of hydrogen-bond acceptors (Lipinski definition) is 4. The first kappa shape index (κ1) is 35.2. The summed E-state index contributed by atoms with van der Waals surface area (Å²) in [5.74, 6) is 1.81. The molecule has 294 valence electrons. The van der Waals surface area contributed by atoms with Gasteiger partial charge in [0.1, 0.15) is 11.2 Å². The number of aromatic nitrogens is 5. The number of para-hydroxylation sites is 3. The Balaban J connectivity index is 1.07. The molecule has 0 unspecified atom stereocenters. The van der Waals surface area contributed by atoms with Gasteiger partial charge in [0, 0.05) is 49.1 Å². The van der Waals surface area contributed by atoms with Gasteiger partial charge in [-0.1, -0.05) is 158 Å². The first-order chi connectivity index (χ1) is 31.2. The summed E-state index contributed by atoms with van der Waals surface area (Å²) in [4.78, 5) is 15.4. The van der Waals surface area contributed by atoms with Gasteiger partial charge in [0.15, 0.2) is 11.6 Å². The van der Waals surface area contributed by atoms with Crippen molar-refractivity contribution < 1.29 is 4.42 Å². The molecule has 0 saturated carbocycles. The van der Waals surface area contributed by atoms with Crippen LogP contribution < -0.4 is 0 Å². The standard InChI is InChI=1S/C57H35N5O/c1-4-16-36(17-5-1)46-35-52-47(42-23-11-13-25-49(42)61(52)40-29-31-54-48(33-40)44-24-12-15-27-53(44)63-54)34-45(46)39-28-30-43-41-22-10-14-26-50(41)62(51(43)32-39)57-59-55(37-18-6-2-7-19-37)58-56(60-57)38-20-8-3-9-21-38/h1-35H. The number of fused-ring (bicyclic) bond motifs is 9. The molecule has 0 fully saturated rings. The summed E-state index contributed by atoms with van der Waals surface area (Å²) in [6, 6.07) is 74.7. The van der Waals surface area contributed by atoms with Crippen molar-refractivity contribution in [2.45, 2.75) is 0 Å². The molecule has 0 aliphatic rings. The fraction of sp³-hybridized carbons (Fsp3) is 0. The molecule has 13 rings (SSSR count). The molecule has 0 aliphatic carbocycles. The van der Waals surface area contributed by atoms with Crippen LogP contribution in [0.3, 0.4) is 0 Å². The third-order valence-corrected chi connectivity index (χ3v) is 12.4. The summed E-state index contributed by atoms with van der Waals surface area (Å²) in [7, 11) is 0. The lowest BCUT2D eigenvalue weighted by Gasteiger charge is -2.15. The maximum Gasteiger partial charge on any atom is 0.238 e. The molecule has 63 heavy (non-hydrogen) atoms. The van der Waals surface area contributed by atoms with Gasteiger partial charge in [0.25, 0.3) is 0 Å². The third-order valence-electron chi connectivity index (χ3n) is 12.4. The maximum atomic E-state index is 6.26. The summed E-state index contributed by atoms with van der Waals surface area (Å²) in [6.45, 7) is 0. The first-order valence-corrected chi connectivity index (χ1v) is 21.2. The Morgan fingerprint density at radius 3 is 1.52 bits per heavy atom. The molecule has 0 amide bonds. The van der Waals surface area contributed by atoms with Gasteiger partial charge in [-0.15, -0.1) is 0 Å². The van der Waals surface area contributed by atoms with Crippen LogP contribution in [0.25, 0.3) is 122 Å². The summed E-state index contributed by atoms with van der Waals surface area (Å²) in [5.41, 5.74) is 13.5. The smallest absolute Gasteiger partial charge is 0.238 e. The molecule has 6 nitrogen and oxygen atoms in total. The van der Waals surface area contributed by atoms with E-state index in [2.05, 4.69) is 149 Å². The lowest BCUT2D eigenvalue weighted by atomic mass is 9.92. The molecule has 0 bridgehead atoms. The van der Waals surface area contributed by atoms with Gasteiger partial charge < -0.3 is 8.98 Å². The number of rotatable bonds is 6. The van der Waals surface area contributed by atoms with E-state index in [1.807, 2.05) is 72.8 Å². The predicted octanol–water partition coefficient (Wildman–Crippen LogP) is 14.6. The first-order valence-electron chi connectivity index (χ1n) is 21.2. The van der Waals surface area contributed by atoms with Crippen molar-refractivity contribution in [3.05, 3.63) is 212 Å². The van der Waals surface area contributed by atoms with E-state index in [9.17, 15) is 0 Å². The number of hydrogen-bond donors (Lipinski definition) is 0. The molecular weight excluding hydrogens is 771 g/mol. The Morgan fingerprint density at radius 2 is 0.825 bits per heavy atom. The normalized spacial score (nSPS) is 11.8. The Labute approximate surface area is 361 Å². The monoisotopic (exact) mass is 805 g/mol. The Bertz CT molecular complexity index is 3850. The summed E-state index contributed by atoms with van der Waals surface area (Å²) < 4.78 is 10.9. The highest BCUT2D eigenvalue weighted by atomic mass is 16.3. The predicted molar refractivity (Wildman–Crippen MR) is 258 cm³/mol. The van der Waals surface area contributed by atoms with E-state index in [0.717, 1.165) is 93.8 Å². The van der Waals surface area contributed by atoms with E-state index in [-0.39, 0.29) is 0 Å². The van der Waals surface area contributed by atoms with E-state index in [1.54, 1.807) is 0 Å². The summed E-state index contributed by atoms with van der Waals surface area (Å²) >= 11 is 0. The van der Waals surface area contributed by atoms with Crippen molar-refractivity contribution >= 4 is 65.6 Å². The van der Waals surface area contributed by atoms with Crippen molar-refractivity contribution in [3.63, 3.8) is 0 Å². The number of furan rings is 1. The average Bonchev–Trinajstić information content (AvgIpc) is 4.01. The minimum atomic E-state index is 0.565. The number of benzene rings is 9. The fourth-order valence-corrected chi connectivity index (χ4v) is 9.49. The molecular formula is C57H35N5O. The van der Waals surface area contributed by atoms with Crippen molar-refractivity contribution in [3.8, 4) is 56.7 Å². The summed E-state index contributed by atoms with van der Waals surface area (Å²) in [6.07, 6.45) is 0. The van der Waals surface area contributed by atoms with Crippen LogP contribution >= 0.6 is 0 Å². The third kappa shape index (κ3) is 5.62. The van der Waals surface area contributed by atoms with Crippen LogP contribution in [0.2, 0.25) is 0 Å². The van der Waals surface area contributed by atoms with Crippen LogP contribution in [-0.2, 0) is 0 Å². The molecule has 0 radical (unpaired) electrons. The zero-order valence-electron chi connectivity index (χ0n) is 33.9. The van der Waals surface area contributed by atoms with Crippen molar-refractivity contribution in [1.82, 2.24) is 24.1 Å². The molecule has 0 saturated heterocycles. The van der Waals surface area contributed by atoms with Crippen LogP contribution in [0, 0.1) is 0 Å². The molecule has 13 aromatic rings. The molecule has 9 aromatic carbocycles.